The molecule has 1 saturated carbocycles. The van der Waals surface area contributed by atoms with E-state index in [1.54, 1.807) is 0 Å². The number of hydrogen-bond donors (Lipinski definition) is 1. The standard InChI is InChI=1S/C17H27NO/c1-3-12-18(4-2)16-7-5-6-15(13-16)14-8-10-17(19)11-9-14/h5-7,13-14,17,19H,3-4,8-12H2,1-2H3. The highest BCUT2D eigenvalue weighted by Crippen LogP contribution is 2.34. The van der Waals surface area contributed by atoms with Crippen molar-refractivity contribution < 1.29 is 5.11 Å². The van der Waals surface area contributed by atoms with E-state index in [0.29, 0.717) is 5.92 Å². The Hall–Kier alpha value is -1.02. The zero-order valence-corrected chi connectivity index (χ0v) is 12.3. The lowest BCUT2D eigenvalue weighted by molar-refractivity contribution is 0.122. The highest BCUT2D eigenvalue weighted by molar-refractivity contribution is 5.49. The van der Waals surface area contributed by atoms with Gasteiger partial charge in [0.05, 0.1) is 6.10 Å². The fourth-order valence-electron chi connectivity index (χ4n) is 3.12. The van der Waals surface area contributed by atoms with Crippen molar-refractivity contribution in [3.05, 3.63) is 29.8 Å². The van der Waals surface area contributed by atoms with E-state index in [1.165, 1.54) is 17.7 Å². The van der Waals surface area contributed by atoms with Gasteiger partial charge in [-0.05, 0) is 62.6 Å². The first-order valence-corrected chi connectivity index (χ1v) is 7.77. The highest BCUT2D eigenvalue weighted by Gasteiger charge is 2.21. The quantitative estimate of drug-likeness (QED) is 0.867. The fraction of sp³-hybridized carbons (Fsp3) is 0.647. The normalized spacial score (nSPS) is 23.3. The first kappa shape index (κ1) is 14.4. The Morgan fingerprint density at radius 1 is 1.16 bits per heavy atom. The van der Waals surface area contributed by atoms with Crippen LogP contribution in [0.5, 0.6) is 0 Å². The van der Waals surface area contributed by atoms with Gasteiger partial charge < -0.3 is 10.0 Å². The molecule has 2 rings (SSSR count). The largest absolute Gasteiger partial charge is 0.393 e. The summed E-state index contributed by atoms with van der Waals surface area (Å²) in [5.41, 5.74) is 2.81. The highest BCUT2D eigenvalue weighted by atomic mass is 16.3. The number of hydrogen-bond acceptors (Lipinski definition) is 2. The molecule has 2 nitrogen and oxygen atoms in total. The van der Waals surface area contributed by atoms with Crippen LogP contribution in [0.25, 0.3) is 0 Å². The van der Waals surface area contributed by atoms with Crippen molar-refractivity contribution >= 4 is 5.69 Å². The summed E-state index contributed by atoms with van der Waals surface area (Å²) in [7, 11) is 0. The summed E-state index contributed by atoms with van der Waals surface area (Å²) in [6.45, 7) is 6.65. The van der Waals surface area contributed by atoms with Gasteiger partial charge in [0.15, 0.2) is 0 Å². The first-order valence-electron chi connectivity index (χ1n) is 7.77. The molecular weight excluding hydrogens is 234 g/mol. The molecular formula is C17H27NO. The van der Waals surface area contributed by atoms with E-state index in [-0.39, 0.29) is 6.10 Å². The third kappa shape index (κ3) is 3.73. The van der Waals surface area contributed by atoms with Crippen LogP contribution in [0, 0.1) is 0 Å². The molecule has 0 unspecified atom stereocenters. The minimum Gasteiger partial charge on any atom is -0.393 e. The molecule has 0 radical (unpaired) electrons. The zero-order valence-electron chi connectivity index (χ0n) is 12.3. The van der Waals surface area contributed by atoms with E-state index < -0.39 is 0 Å². The van der Waals surface area contributed by atoms with Crippen molar-refractivity contribution in [3.8, 4) is 0 Å². The minimum absolute atomic E-state index is 0.0633. The smallest absolute Gasteiger partial charge is 0.0540 e. The lowest BCUT2D eigenvalue weighted by atomic mass is 9.82. The van der Waals surface area contributed by atoms with Crippen molar-refractivity contribution in [1.82, 2.24) is 0 Å². The van der Waals surface area contributed by atoms with Gasteiger partial charge in [-0.1, -0.05) is 19.1 Å². The molecule has 1 aromatic carbocycles. The van der Waals surface area contributed by atoms with Gasteiger partial charge in [0, 0.05) is 18.8 Å². The van der Waals surface area contributed by atoms with Crippen molar-refractivity contribution in [2.45, 2.75) is 58.0 Å². The Labute approximate surface area is 117 Å². The molecule has 1 aliphatic rings. The molecule has 1 N–H and O–H groups in total. The average Bonchev–Trinajstić information content (AvgIpc) is 2.45. The first-order chi connectivity index (χ1) is 9.24. The predicted molar refractivity (Wildman–Crippen MR) is 81.8 cm³/mol. The average molecular weight is 261 g/mol. The Kier molecular flexibility index (Phi) is 5.26. The van der Waals surface area contributed by atoms with Crippen molar-refractivity contribution in [3.63, 3.8) is 0 Å². The van der Waals surface area contributed by atoms with Gasteiger partial charge in [-0.3, -0.25) is 0 Å². The number of benzene rings is 1. The molecule has 0 aromatic heterocycles. The molecule has 19 heavy (non-hydrogen) atoms. The van der Waals surface area contributed by atoms with Gasteiger partial charge in [0.2, 0.25) is 0 Å². The number of rotatable bonds is 5. The van der Waals surface area contributed by atoms with Crippen LogP contribution in [-0.2, 0) is 0 Å². The van der Waals surface area contributed by atoms with Crippen molar-refractivity contribution in [1.29, 1.82) is 0 Å². The number of aliphatic hydroxyl groups is 1. The lowest BCUT2D eigenvalue weighted by Crippen LogP contribution is -2.23. The van der Waals surface area contributed by atoms with Crippen LogP contribution in [0.4, 0.5) is 5.69 Å². The molecule has 0 amide bonds. The Balaban J connectivity index is 2.10. The Bertz CT molecular complexity index is 383. The maximum Gasteiger partial charge on any atom is 0.0540 e. The van der Waals surface area contributed by atoms with Crippen LogP contribution >= 0.6 is 0 Å². The minimum atomic E-state index is -0.0633. The van der Waals surface area contributed by atoms with Gasteiger partial charge in [0.25, 0.3) is 0 Å². The van der Waals surface area contributed by atoms with Crippen LogP contribution in [-0.4, -0.2) is 24.3 Å². The molecule has 0 atom stereocenters. The molecule has 0 saturated heterocycles. The second kappa shape index (κ2) is 6.95. The van der Waals surface area contributed by atoms with Gasteiger partial charge in [0.1, 0.15) is 0 Å². The molecule has 106 valence electrons. The summed E-state index contributed by atoms with van der Waals surface area (Å²) in [6, 6.07) is 9.03. The molecule has 0 aliphatic heterocycles. The summed E-state index contributed by atoms with van der Waals surface area (Å²) >= 11 is 0. The third-order valence-electron chi connectivity index (χ3n) is 4.28. The predicted octanol–water partition coefficient (Wildman–Crippen LogP) is 3.94. The number of aliphatic hydroxyl groups excluding tert-OH is 1. The summed E-state index contributed by atoms with van der Waals surface area (Å²) in [5.74, 6) is 0.642. The van der Waals surface area contributed by atoms with E-state index >= 15 is 0 Å². The number of anilines is 1. The summed E-state index contributed by atoms with van der Waals surface area (Å²) in [6.07, 6.45) is 5.30. The van der Waals surface area contributed by atoms with E-state index in [1.807, 2.05) is 0 Å². The summed E-state index contributed by atoms with van der Waals surface area (Å²) < 4.78 is 0. The Morgan fingerprint density at radius 2 is 1.89 bits per heavy atom. The van der Waals surface area contributed by atoms with E-state index in [9.17, 15) is 5.11 Å². The molecule has 1 aromatic rings. The van der Waals surface area contributed by atoms with Crippen LogP contribution in [0.3, 0.4) is 0 Å². The maximum atomic E-state index is 9.62. The van der Waals surface area contributed by atoms with Crippen LogP contribution in [0.2, 0.25) is 0 Å². The second-order valence-electron chi connectivity index (χ2n) is 5.68. The molecule has 0 spiro atoms. The Morgan fingerprint density at radius 3 is 2.53 bits per heavy atom. The number of nitrogens with zero attached hydrogens (tertiary/aromatic N) is 1. The van der Waals surface area contributed by atoms with E-state index in [0.717, 1.165) is 38.8 Å². The third-order valence-corrected chi connectivity index (χ3v) is 4.28. The zero-order chi connectivity index (χ0) is 13.7. The molecule has 1 fully saturated rings. The molecule has 2 heteroatoms. The van der Waals surface area contributed by atoms with Crippen molar-refractivity contribution in [2.24, 2.45) is 0 Å². The maximum absolute atomic E-state index is 9.62. The van der Waals surface area contributed by atoms with Gasteiger partial charge in [-0.15, -0.1) is 0 Å². The second-order valence-corrected chi connectivity index (χ2v) is 5.68. The van der Waals surface area contributed by atoms with Crippen LogP contribution in [0.15, 0.2) is 24.3 Å². The SMILES string of the molecule is CCCN(CC)c1cccc(C2CCC(O)CC2)c1. The van der Waals surface area contributed by atoms with Gasteiger partial charge in [-0.2, -0.15) is 0 Å². The van der Waals surface area contributed by atoms with E-state index in [2.05, 4.69) is 43.0 Å². The summed E-state index contributed by atoms with van der Waals surface area (Å²) in [5, 5.41) is 9.62. The lowest BCUT2D eigenvalue weighted by Gasteiger charge is -2.28. The van der Waals surface area contributed by atoms with Crippen molar-refractivity contribution in [2.75, 3.05) is 18.0 Å². The monoisotopic (exact) mass is 261 g/mol. The summed E-state index contributed by atoms with van der Waals surface area (Å²) in [4.78, 5) is 2.45. The van der Waals surface area contributed by atoms with Crippen LogP contribution in [0.1, 0.15) is 57.4 Å². The molecule has 0 heterocycles. The molecule has 0 bridgehead atoms. The van der Waals surface area contributed by atoms with Crippen LogP contribution < -0.4 is 4.90 Å². The van der Waals surface area contributed by atoms with Gasteiger partial charge >= 0.3 is 0 Å². The topological polar surface area (TPSA) is 23.5 Å². The van der Waals surface area contributed by atoms with E-state index in [4.69, 9.17) is 0 Å². The molecule has 1 aliphatic carbocycles. The van der Waals surface area contributed by atoms with Gasteiger partial charge in [-0.25, -0.2) is 0 Å². The fourth-order valence-corrected chi connectivity index (χ4v) is 3.12.